The van der Waals surface area contributed by atoms with Crippen LogP contribution in [0.3, 0.4) is 0 Å². The van der Waals surface area contributed by atoms with Gasteiger partial charge in [0.25, 0.3) is 0 Å². The quantitative estimate of drug-likeness (QED) is 0.194. The molecule has 11 heteroatoms. The summed E-state index contributed by atoms with van der Waals surface area (Å²) in [6.45, 7) is 7.93. The highest BCUT2D eigenvalue weighted by Gasteiger charge is 2.49. The number of carbonyl (C=O) groups is 1. The monoisotopic (exact) mass is 640 g/mol. The van der Waals surface area contributed by atoms with Crippen LogP contribution in [0.25, 0.3) is 32.9 Å². The Labute approximate surface area is 271 Å². The normalized spacial score (nSPS) is 24.1. The van der Waals surface area contributed by atoms with Crippen LogP contribution >= 0.6 is 0 Å². The highest BCUT2D eigenvalue weighted by molar-refractivity contribution is 6.02. The number of ether oxygens (including phenoxy) is 1. The molecule has 0 N–H and O–H groups in total. The summed E-state index contributed by atoms with van der Waals surface area (Å²) < 4.78 is 52.4. The predicted molar refractivity (Wildman–Crippen MR) is 175 cm³/mol. The van der Waals surface area contributed by atoms with Crippen molar-refractivity contribution in [3.05, 3.63) is 66.4 Å². The fourth-order valence-corrected chi connectivity index (χ4v) is 7.80. The Morgan fingerprint density at radius 2 is 2.06 bits per heavy atom. The number of likely N-dealkylation sites (N-methyl/N-ethyl adjacent to an activating group) is 1. The number of hydrogen-bond donors (Lipinski definition) is 0. The minimum Gasteiger partial charge on any atom is -0.461 e. The summed E-state index contributed by atoms with van der Waals surface area (Å²) in [6, 6.07) is 7.85. The van der Waals surface area contributed by atoms with Gasteiger partial charge in [0.05, 0.1) is 22.5 Å². The molecule has 4 aromatic rings. The fourth-order valence-electron chi connectivity index (χ4n) is 7.80. The molecule has 1 amide bonds. The summed E-state index contributed by atoms with van der Waals surface area (Å²) in [7, 11) is 1.84. The molecule has 2 aromatic carbocycles. The molecule has 7 rings (SSSR count). The lowest BCUT2D eigenvalue weighted by Crippen LogP contribution is -2.43. The van der Waals surface area contributed by atoms with Crippen molar-refractivity contribution in [1.29, 1.82) is 0 Å². The van der Waals surface area contributed by atoms with Gasteiger partial charge in [-0.2, -0.15) is 9.97 Å². The Kier molecular flexibility index (Phi) is 7.79. The predicted octanol–water partition coefficient (Wildman–Crippen LogP) is 5.53. The molecular weight excluding hydrogens is 605 g/mol. The van der Waals surface area contributed by atoms with Crippen molar-refractivity contribution in [3.63, 3.8) is 0 Å². The average Bonchev–Trinajstić information content (AvgIpc) is 3.74. The van der Waals surface area contributed by atoms with Crippen molar-refractivity contribution in [3.8, 4) is 29.6 Å². The smallest absolute Gasteiger partial charge is 0.319 e. The van der Waals surface area contributed by atoms with Crippen molar-refractivity contribution in [2.75, 3.05) is 44.7 Å². The van der Waals surface area contributed by atoms with Gasteiger partial charge in [0.1, 0.15) is 35.6 Å². The highest BCUT2D eigenvalue weighted by Crippen LogP contribution is 2.41. The van der Waals surface area contributed by atoms with E-state index in [4.69, 9.17) is 16.1 Å². The number of pyridine rings is 1. The van der Waals surface area contributed by atoms with Gasteiger partial charge in [-0.05, 0) is 42.8 Å². The second-order valence-corrected chi connectivity index (χ2v) is 13.0. The Balaban J connectivity index is 1.36. The number of likely N-dealkylation sites (tertiary alicyclic amines) is 1. The summed E-state index contributed by atoms with van der Waals surface area (Å²) in [5, 5.41) is 1.36. The van der Waals surface area contributed by atoms with Gasteiger partial charge in [-0.15, -0.1) is 6.42 Å². The molecule has 0 aliphatic carbocycles. The van der Waals surface area contributed by atoms with Crippen molar-refractivity contribution >= 4 is 33.4 Å². The van der Waals surface area contributed by atoms with E-state index in [0.717, 1.165) is 19.4 Å². The van der Waals surface area contributed by atoms with Gasteiger partial charge in [0.15, 0.2) is 5.82 Å². The Morgan fingerprint density at radius 3 is 2.85 bits per heavy atom. The number of nitrogens with zero attached hydrogens (tertiary/aromatic N) is 6. The van der Waals surface area contributed by atoms with Gasteiger partial charge in [0, 0.05) is 50.2 Å². The molecule has 3 fully saturated rings. The van der Waals surface area contributed by atoms with Crippen LogP contribution in [0.4, 0.5) is 19.0 Å². The third-order valence-corrected chi connectivity index (χ3v) is 10.2. The van der Waals surface area contributed by atoms with Crippen molar-refractivity contribution < 1.29 is 22.7 Å². The first-order chi connectivity index (χ1) is 22.6. The summed E-state index contributed by atoms with van der Waals surface area (Å²) in [5.74, 6) is 1.37. The second kappa shape index (κ2) is 11.8. The van der Waals surface area contributed by atoms with Gasteiger partial charge >= 0.3 is 6.01 Å². The minimum atomic E-state index is -0.937. The molecule has 5 heterocycles. The fraction of sp³-hybridized carbons (Fsp3) is 0.389. The standard InChI is InChI=1S/C36H35F3N6O2/c1-5-24-27(38)12-11-22-9-7-10-25(30(22)24)32-31(39)33-26(16-40-32)34(43(4)28-19-44(17-21(28)3)29(46)6-2)42-35(41-33)47-20-36-13-8-14-45(36)18-23(37)15-36/h1,6-7,9-12,16,21,23,28H,2,8,13-15,17-20H2,3-4H3/t21-,23+,28-,36-/m0/s1. The second-order valence-electron chi connectivity index (χ2n) is 13.0. The SMILES string of the molecule is C#Cc1c(F)ccc2cccc(-c3ncc4c(N(C)[C@H]5CN(C(=O)C=C)C[C@@H]5C)nc(OC[C@@]56CCCN5C[C@H](F)C6)nc4c3F)c12. The van der Waals surface area contributed by atoms with Crippen LogP contribution in [0, 0.1) is 29.9 Å². The maximum atomic E-state index is 16.8. The van der Waals surface area contributed by atoms with Gasteiger partial charge < -0.3 is 14.5 Å². The zero-order valence-electron chi connectivity index (χ0n) is 26.3. The lowest BCUT2D eigenvalue weighted by atomic mass is 9.95. The zero-order valence-corrected chi connectivity index (χ0v) is 26.3. The Morgan fingerprint density at radius 1 is 1.23 bits per heavy atom. The molecule has 0 saturated carbocycles. The summed E-state index contributed by atoms with van der Waals surface area (Å²) in [4.78, 5) is 32.1. The van der Waals surface area contributed by atoms with E-state index < -0.39 is 23.3 Å². The molecule has 3 saturated heterocycles. The number of fused-ring (bicyclic) bond motifs is 3. The van der Waals surface area contributed by atoms with E-state index in [-0.39, 0.29) is 47.3 Å². The lowest BCUT2D eigenvalue weighted by Gasteiger charge is -2.31. The number of terminal acetylenes is 1. The number of carbonyl (C=O) groups excluding carboxylic acids is 1. The molecular formula is C36H35F3N6O2. The molecule has 8 nitrogen and oxygen atoms in total. The first-order valence-electron chi connectivity index (χ1n) is 15.8. The molecule has 47 heavy (non-hydrogen) atoms. The molecule has 3 aliphatic heterocycles. The van der Waals surface area contributed by atoms with Crippen LogP contribution in [0.1, 0.15) is 31.7 Å². The van der Waals surface area contributed by atoms with E-state index in [9.17, 15) is 13.6 Å². The first kappa shape index (κ1) is 30.9. The zero-order chi connectivity index (χ0) is 33.0. The van der Waals surface area contributed by atoms with E-state index in [1.54, 1.807) is 29.2 Å². The van der Waals surface area contributed by atoms with Crippen LogP contribution in [0.5, 0.6) is 6.01 Å². The molecule has 3 aliphatic rings. The van der Waals surface area contributed by atoms with Crippen LogP contribution < -0.4 is 9.64 Å². The number of benzene rings is 2. The minimum absolute atomic E-state index is 0.0171. The van der Waals surface area contributed by atoms with Gasteiger partial charge in [-0.3, -0.25) is 14.7 Å². The Bertz CT molecular complexity index is 1960. The molecule has 0 bridgehead atoms. The number of aromatic nitrogens is 3. The van der Waals surface area contributed by atoms with Crippen molar-refractivity contribution in [1.82, 2.24) is 24.8 Å². The van der Waals surface area contributed by atoms with E-state index >= 15 is 4.39 Å². The number of anilines is 1. The number of hydrogen-bond acceptors (Lipinski definition) is 7. The number of rotatable bonds is 7. The van der Waals surface area contributed by atoms with E-state index in [1.165, 1.54) is 18.3 Å². The van der Waals surface area contributed by atoms with Gasteiger partial charge in [-0.1, -0.05) is 43.7 Å². The maximum absolute atomic E-state index is 16.8. The van der Waals surface area contributed by atoms with Crippen LogP contribution in [0.2, 0.25) is 0 Å². The molecule has 2 aromatic heterocycles. The number of alkyl halides is 1. The topological polar surface area (TPSA) is 74.7 Å². The third kappa shape index (κ3) is 5.15. The average molecular weight is 641 g/mol. The molecule has 0 radical (unpaired) electrons. The Hall–Kier alpha value is -4.69. The maximum Gasteiger partial charge on any atom is 0.319 e. The third-order valence-electron chi connectivity index (χ3n) is 10.2. The number of amides is 1. The van der Waals surface area contributed by atoms with Crippen LogP contribution in [-0.4, -0.2) is 88.2 Å². The van der Waals surface area contributed by atoms with Gasteiger partial charge in [0.2, 0.25) is 5.91 Å². The van der Waals surface area contributed by atoms with E-state index in [1.807, 2.05) is 18.9 Å². The van der Waals surface area contributed by atoms with E-state index in [2.05, 4.69) is 27.4 Å². The highest BCUT2D eigenvalue weighted by atomic mass is 19.1. The van der Waals surface area contributed by atoms with E-state index in [0.29, 0.717) is 53.6 Å². The summed E-state index contributed by atoms with van der Waals surface area (Å²) in [5.41, 5.74) is -0.192. The first-order valence-corrected chi connectivity index (χ1v) is 15.8. The molecule has 4 atom stereocenters. The molecule has 0 unspecified atom stereocenters. The molecule has 242 valence electrons. The van der Waals surface area contributed by atoms with Crippen molar-refractivity contribution in [2.45, 2.75) is 43.9 Å². The largest absolute Gasteiger partial charge is 0.461 e. The van der Waals surface area contributed by atoms with Crippen molar-refractivity contribution in [2.24, 2.45) is 5.92 Å². The number of halogens is 3. The summed E-state index contributed by atoms with van der Waals surface area (Å²) >= 11 is 0. The molecule has 0 spiro atoms. The van der Waals surface area contributed by atoms with Crippen LogP contribution in [-0.2, 0) is 4.79 Å². The lowest BCUT2D eigenvalue weighted by molar-refractivity contribution is -0.125. The summed E-state index contributed by atoms with van der Waals surface area (Å²) in [6.07, 6.45) is 9.65. The van der Waals surface area contributed by atoms with Crippen LogP contribution in [0.15, 0.2) is 49.2 Å². The van der Waals surface area contributed by atoms with Gasteiger partial charge in [-0.25, -0.2) is 13.2 Å².